The second kappa shape index (κ2) is 4.38. The second-order valence-electron chi connectivity index (χ2n) is 6.01. The topological polar surface area (TPSA) is 26.7 Å². The minimum absolute atomic E-state index is 0.126. The number of hydrogen-bond acceptors (Lipinski definition) is 3. The van der Waals surface area contributed by atoms with E-state index in [-0.39, 0.29) is 5.41 Å². The van der Waals surface area contributed by atoms with Gasteiger partial charge in [-0.3, -0.25) is 4.90 Å². The number of nitrogens with zero attached hydrogens (tertiary/aromatic N) is 2. The van der Waals surface area contributed by atoms with E-state index in [1.54, 1.807) is 6.07 Å². The number of rotatable bonds is 2. The van der Waals surface area contributed by atoms with E-state index < -0.39 is 0 Å². The maximum atomic E-state index is 9.91. The van der Waals surface area contributed by atoms with Crippen molar-refractivity contribution in [1.82, 2.24) is 4.90 Å². The van der Waals surface area contributed by atoms with Crippen LogP contribution >= 0.6 is 15.9 Å². The van der Waals surface area contributed by atoms with Crippen LogP contribution in [-0.4, -0.2) is 36.3 Å². The molecule has 4 heteroatoms. The van der Waals surface area contributed by atoms with Crippen LogP contribution < -0.4 is 4.90 Å². The molecule has 1 saturated heterocycles. The molecule has 3 rings (SSSR count). The van der Waals surface area contributed by atoms with E-state index >= 15 is 0 Å². The normalized spacial score (nSPS) is 29.7. The molecular formula is C15H21BrN2O. The zero-order valence-corrected chi connectivity index (χ0v) is 13.4. The van der Waals surface area contributed by atoms with Crippen molar-refractivity contribution in [2.24, 2.45) is 0 Å². The van der Waals surface area contributed by atoms with Gasteiger partial charge in [-0.15, -0.1) is 0 Å². The fourth-order valence-corrected chi connectivity index (χ4v) is 4.73. The molecule has 0 aliphatic carbocycles. The number of phenols is 1. The van der Waals surface area contributed by atoms with E-state index in [0.717, 1.165) is 24.0 Å². The van der Waals surface area contributed by atoms with Crippen molar-refractivity contribution in [1.29, 1.82) is 0 Å². The zero-order valence-electron chi connectivity index (χ0n) is 11.8. The second-order valence-corrected chi connectivity index (χ2v) is 6.87. The van der Waals surface area contributed by atoms with Crippen LogP contribution in [0.3, 0.4) is 0 Å². The molecule has 19 heavy (non-hydrogen) atoms. The molecule has 104 valence electrons. The number of fused-ring (bicyclic) bond motifs is 3. The number of benzene rings is 1. The highest BCUT2D eigenvalue weighted by Gasteiger charge is 2.53. The summed E-state index contributed by atoms with van der Waals surface area (Å²) < 4.78 is 0.997. The predicted molar refractivity (Wildman–Crippen MR) is 81.8 cm³/mol. The molecule has 2 aliphatic rings. The highest BCUT2D eigenvalue weighted by atomic mass is 79.9. The van der Waals surface area contributed by atoms with Crippen molar-refractivity contribution >= 4 is 21.6 Å². The molecule has 2 heterocycles. The van der Waals surface area contributed by atoms with E-state index in [4.69, 9.17) is 0 Å². The fourth-order valence-electron chi connectivity index (χ4n) is 4.00. The number of anilines is 1. The van der Waals surface area contributed by atoms with Gasteiger partial charge in [0.2, 0.25) is 0 Å². The van der Waals surface area contributed by atoms with Gasteiger partial charge in [-0.05, 0) is 53.0 Å². The maximum Gasteiger partial charge on any atom is 0.117 e. The SMILES string of the molecule is CCCN1CCC2(C)c3cc(O)cc(Br)c3N(C)C12. The minimum atomic E-state index is 0.126. The summed E-state index contributed by atoms with van der Waals surface area (Å²) in [6.07, 6.45) is 2.76. The Morgan fingerprint density at radius 1 is 1.47 bits per heavy atom. The first kappa shape index (κ1) is 13.3. The molecule has 2 aliphatic heterocycles. The lowest BCUT2D eigenvalue weighted by atomic mass is 9.81. The van der Waals surface area contributed by atoms with Crippen LogP contribution in [0.25, 0.3) is 0 Å². The molecule has 2 unspecified atom stereocenters. The summed E-state index contributed by atoms with van der Waals surface area (Å²) in [5, 5.41) is 9.91. The van der Waals surface area contributed by atoms with Crippen LogP contribution in [0.1, 0.15) is 32.3 Å². The summed E-state index contributed by atoms with van der Waals surface area (Å²) in [5.41, 5.74) is 2.65. The van der Waals surface area contributed by atoms with E-state index in [9.17, 15) is 5.11 Å². The standard InChI is InChI=1S/C15H21BrN2O/c1-4-6-18-7-5-15(2)11-8-10(19)9-12(16)13(11)17(3)14(15)18/h8-9,14,19H,4-7H2,1-3H3. The lowest BCUT2D eigenvalue weighted by molar-refractivity contribution is 0.224. The molecular weight excluding hydrogens is 304 g/mol. The largest absolute Gasteiger partial charge is 0.508 e. The van der Waals surface area contributed by atoms with Gasteiger partial charge >= 0.3 is 0 Å². The minimum Gasteiger partial charge on any atom is -0.508 e. The highest BCUT2D eigenvalue weighted by Crippen LogP contribution is 2.54. The number of likely N-dealkylation sites (tertiary alicyclic amines) is 1. The molecule has 1 N–H and O–H groups in total. The fraction of sp³-hybridized carbons (Fsp3) is 0.600. The molecule has 0 aromatic heterocycles. The third-order valence-electron chi connectivity index (χ3n) is 4.73. The number of halogens is 1. The average Bonchev–Trinajstić information content (AvgIpc) is 2.76. The predicted octanol–water partition coefficient (Wildman–Crippen LogP) is 3.30. The van der Waals surface area contributed by atoms with E-state index in [0.29, 0.717) is 11.9 Å². The lowest BCUT2D eigenvalue weighted by Gasteiger charge is -2.34. The Labute approximate surface area is 123 Å². The van der Waals surface area contributed by atoms with Gasteiger partial charge in [0.25, 0.3) is 0 Å². The van der Waals surface area contributed by atoms with Gasteiger partial charge < -0.3 is 10.0 Å². The van der Waals surface area contributed by atoms with Crippen molar-refractivity contribution in [2.45, 2.75) is 38.3 Å². The summed E-state index contributed by atoms with van der Waals surface area (Å²) in [7, 11) is 2.17. The Balaban J connectivity index is 2.11. The van der Waals surface area contributed by atoms with Crippen LogP contribution in [0.2, 0.25) is 0 Å². The Morgan fingerprint density at radius 3 is 2.89 bits per heavy atom. The van der Waals surface area contributed by atoms with Crippen molar-refractivity contribution in [3.05, 3.63) is 22.2 Å². The zero-order chi connectivity index (χ0) is 13.8. The number of aromatic hydroxyl groups is 1. The summed E-state index contributed by atoms with van der Waals surface area (Å²) >= 11 is 3.61. The highest BCUT2D eigenvalue weighted by molar-refractivity contribution is 9.10. The molecule has 0 spiro atoms. The smallest absolute Gasteiger partial charge is 0.117 e. The van der Waals surface area contributed by atoms with Gasteiger partial charge in [0, 0.05) is 23.5 Å². The van der Waals surface area contributed by atoms with Crippen molar-refractivity contribution in [3.63, 3.8) is 0 Å². The Kier molecular flexibility index (Phi) is 3.06. The van der Waals surface area contributed by atoms with Crippen molar-refractivity contribution < 1.29 is 5.11 Å². The molecule has 1 fully saturated rings. The number of likely N-dealkylation sites (N-methyl/N-ethyl adjacent to an activating group) is 1. The van der Waals surface area contributed by atoms with Crippen LogP contribution in [0, 0.1) is 0 Å². The third kappa shape index (κ3) is 1.73. The third-order valence-corrected chi connectivity index (χ3v) is 5.33. The van der Waals surface area contributed by atoms with E-state index in [2.05, 4.69) is 46.6 Å². The quantitative estimate of drug-likeness (QED) is 0.904. The molecule has 3 nitrogen and oxygen atoms in total. The van der Waals surface area contributed by atoms with Crippen molar-refractivity contribution in [3.8, 4) is 5.75 Å². The van der Waals surface area contributed by atoms with E-state index in [1.807, 2.05) is 6.07 Å². The number of hydrogen-bond donors (Lipinski definition) is 1. The molecule has 0 amide bonds. The van der Waals surface area contributed by atoms with Gasteiger partial charge in [-0.25, -0.2) is 0 Å². The van der Waals surface area contributed by atoms with Gasteiger partial charge in [0.1, 0.15) is 5.75 Å². The van der Waals surface area contributed by atoms with Crippen molar-refractivity contribution in [2.75, 3.05) is 25.0 Å². The summed E-state index contributed by atoms with van der Waals surface area (Å²) in [6.45, 7) is 6.86. The summed E-state index contributed by atoms with van der Waals surface area (Å²) in [4.78, 5) is 4.95. The average molecular weight is 325 g/mol. The first-order chi connectivity index (χ1) is 8.99. The summed E-state index contributed by atoms with van der Waals surface area (Å²) in [5.74, 6) is 0.356. The Hall–Kier alpha value is -0.740. The van der Waals surface area contributed by atoms with Crippen LogP contribution in [-0.2, 0) is 5.41 Å². The first-order valence-electron chi connectivity index (χ1n) is 6.99. The molecule has 1 aromatic carbocycles. The number of phenolic OH excluding ortho intramolecular Hbond substituents is 1. The lowest BCUT2D eigenvalue weighted by Crippen LogP contribution is -2.47. The Morgan fingerprint density at radius 2 is 2.21 bits per heavy atom. The van der Waals surface area contributed by atoms with Gasteiger partial charge in [0.05, 0.1) is 11.9 Å². The van der Waals surface area contributed by atoms with Crippen LogP contribution in [0.15, 0.2) is 16.6 Å². The van der Waals surface area contributed by atoms with Crippen LogP contribution in [0.4, 0.5) is 5.69 Å². The molecule has 2 atom stereocenters. The van der Waals surface area contributed by atoms with Crippen LogP contribution in [0.5, 0.6) is 5.75 Å². The molecule has 1 aromatic rings. The maximum absolute atomic E-state index is 9.91. The Bertz CT molecular complexity index is 519. The molecule has 0 bridgehead atoms. The first-order valence-corrected chi connectivity index (χ1v) is 7.78. The molecule has 0 saturated carbocycles. The molecule has 0 radical (unpaired) electrons. The summed E-state index contributed by atoms with van der Waals surface area (Å²) in [6, 6.07) is 3.75. The van der Waals surface area contributed by atoms with Gasteiger partial charge in [-0.1, -0.05) is 13.8 Å². The monoisotopic (exact) mass is 324 g/mol. The van der Waals surface area contributed by atoms with Gasteiger partial charge in [-0.2, -0.15) is 0 Å². The van der Waals surface area contributed by atoms with E-state index in [1.165, 1.54) is 17.7 Å². The van der Waals surface area contributed by atoms with Gasteiger partial charge in [0.15, 0.2) is 0 Å².